The molecule has 10 heteroatoms. The quantitative estimate of drug-likeness (QED) is 0.278. The molecule has 0 aliphatic heterocycles. The van der Waals surface area contributed by atoms with Gasteiger partial charge in [0.1, 0.15) is 11.3 Å². The van der Waals surface area contributed by atoms with Crippen molar-refractivity contribution < 1.29 is 27.1 Å². The molecule has 3 aromatic rings. The summed E-state index contributed by atoms with van der Waals surface area (Å²) in [6, 6.07) is 17.5. The summed E-state index contributed by atoms with van der Waals surface area (Å²) in [5, 5.41) is 6.57. The van der Waals surface area contributed by atoms with E-state index in [-0.39, 0.29) is 12.5 Å². The Bertz CT molecular complexity index is 1300. The lowest BCUT2D eigenvalue weighted by Gasteiger charge is -2.36. The van der Waals surface area contributed by atoms with Gasteiger partial charge in [0.25, 0.3) is 0 Å². The van der Waals surface area contributed by atoms with E-state index in [1.807, 2.05) is 30.3 Å². The molecule has 2 aromatic carbocycles. The molecule has 206 valence electrons. The van der Waals surface area contributed by atoms with E-state index in [1.54, 1.807) is 18.2 Å². The number of nitrogens with zero attached hydrogens (tertiary/aromatic N) is 1. The maximum Gasteiger partial charge on any atom is 0.461 e. The first kappa shape index (κ1) is 27.2. The van der Waals surface area contributed by atoms with Gasteiger partial charge >= 0.3 is 18.6 Å². The number of halogens is 5. The van der Waals surface area contributed by atoms with Crippen molar-refractivity contribution in [1.82, 2.24) is 15.6 Å². The minimum Gasteiger partial charge on any atom is -0.428 e. The number of hydrogen-bond donors (Lipinski definition) is 2. The van der Waals surface area contributed by atoms with Crippen LogP contribution in [0.25, 0.3) is 0 Å². The van der Waals surface area contributed by atoms with E-state index >= 15 is 0 Å². The zero-order chi connectivity index (χ0) is 27.6. The van der Waals surface area contributed by atoms with Crippen LogP contribution in [0.5, 0.6) is 5.75 Å². The summed E-state index contributed by atoms with van der Waals surface area (Å²) in [6.45, 7) is 0. The fourth-order valence-corrected chi connectivity index (χ4v) is 6.01. The standard InChI is InChI=1S/C29H28ClF4N3O2/c30-22-11-12-25(35-17-22)28(16-18-5-2-1-3-6-18,37-27(38)36-24-14-19-9-10-20(24)13-19)21-7-4-8-23(15-21)39-29(33,34)26(31)32/h1-8,11-12,15,17,19-20,24,26H,9-10,13-14,16H2,(H2,36,37,38). The fourth-order valence-electron chi connectivity index (χ4n) is 5.90. The smallest absolute Gasteiger partial charge is 0.428 e. The molecular weight excluding hydrogens is 534 g/mol. The van der Waals surface area contributed by atoms with Crippen LogP contribution in [0, 0.1) is 11.8 Å². The first-order valence-electron chi connectivity index (χ1n) is 12.8. The second kappa shape index (κ2) is 11.0. The number of pyridine rings is 1. The van der Waals surface area contributed by atoms with Crippen molar-refractivity contribution in [3.05, 3.63) is 94.8 Å². The van der Waals surface area contributed by atoms with Crippen molar-refractivity contribution in [2.45, 2.75) is 56.2 Å². The lowest BCUT2D eigenvalue weighted by molar-refractivity contribution is -0.253. The Morgan fingerprint density at radius 2 is 1.85 bits per heavy atom. The van der Waals surface area contributed by atoms with E-state index in [2.05, 4.69) is 20.4 Å². The Labute approximate surface area is 228 Å². The number of amides is 2. The number of aromatic nitrogens is 1. The van der Waals surface area contributed by atoms with Crippen molar-refractivity contribution in [1.29, 1.82) is 0 Å². The Hall–Kier alpha value is -3.33. The summed E-state index contributed by atoms with van der Waals surface area (Å²) in [6.07, 6.45) is -2.84. The van der Waals surface area contributed by atoms with E-state index in [1.165, 1.54) is 24.8 Å². The number of urea groups is 1. The fraction of sp³-hybridized carbons (Fsp3) is 0.379. The molecule has 2 N–H and O–H groups in total. The van der Waals surface area contributed by atoms with Gasteiger partial charge in [-0.05, 0) is 66.5 Å². The van der Waals surface area contributed by atoms with Gasteiger partial charge in [0.2, 0.25) is 0 Å². The molecule has 5 rings (SSSR count). The number of alkyl halides is 4. The van der Waals surface area contributed by atoms with Crippen molar-refractivity contribution in [3.63, 3.8) is 0 Å². The van der Waals surface area contributed by atoms with Gasteiger partial charge in [-0.15, -0.1) is 0 Å². The summed E-state index contributed by atoms with van der Waals surface area (Å²) < 4.78 is 57.8. The van der Waals surface area contributed by atoms with Gasteiger partial charge < -0.3 is 15.4 Å². The molecule has 2 fully saturated rings. The molecule has 1 heterocycles. The number of nitrogens with one attached hydrogen (secondary N) is 2. The third-order valence-corrected chi connectivity index (χ3v) is 7.92. The molecule has 2 bridgehead atoms. The predicted molar refractivity (Wildman–Crippen MR) is 139 cm³/mol. The Morgan fingerprint density at radius 3 is 2.49 bits per heavy atom. The highest BCUT2D eigenvalue weighted by Crippen LogP contribution is 2.44. The number of benzene rings is 2. The Morgan fingerprint density at radius 1 is 1.05 bits per heavy atom. The number of fused-ring (bicyclic) bond motifs is 2. The van der Waals surface area contributed by atoms with Crippen LogP contribution in [0.15, 0.2) is 72.9 Å². The number of carbonyl (C=O) groups excluding carboxylic acids is 1. The molecule has 4 atom stereocenters. The molecule has 39 heavy (non-hydrogen) atoms. The third kappa shape index (κ3) is 5.98. The normalized spacial score (nSPS) is 21.9. The molecule has 4 unspecified atom stereocenters. The first-order chi connectivity index (χ1) is 18.6. The van der Waals surface area contributed by atoms with Crippen LogP contribution in [0.2, 0.25) is 5.02 Å². The highest BCUT2D eigenvalue weighted by molar-refractivity contribution is 6.30. The van der Waals surface area contributed by atoms with Crippen LogP contribution in [-0.4, -0.2) is 29.6 Å². The molecule has 2 aliphatic carbocycles. The molecule has 2 amide bonds. The zero-order valence-electron chi connectivity index (χ0n) is 20.9. The number of rotatable bonds is 9. The molecule has 0 spiro atoms. The average molecular weight is 562 g/mol. The number of hydrogen-bond acceptors (Lipinski definition) is 3. The van der Waals surface area contributed by atoms with Gasteiger partial charge in [0.15, 0.2) is 0 Å². The predicted octanol–water partition coefficient (Wildman–Crippen LogP) is 6.95. The summed E-state index contributed by atoms with van der Waals surface area (Å²) >= 11 is 6.11. The van der Waals surface area contributed by atoms with Crippen LogP contribution in [-0.2, 0) is 12.0 Å². The van der Waals surface area contributed by atoms with Gasteiger partial charge in [-0.25, -0.2) is 4.79 Å². The number of ether oxygens (including phenoxy) is 1. The largest absolute Gasteiger partial charge is 0.461 e. The topological polar surface area (TPSA) is 63.2 Å². The second-order valence-corrected chi connectivity index (χ2v) is 10.7. The van der Waals surface area contributed by atoms with Gasteiger partial charge in [-0.3, -0.25) is 4.98 Å². The summed E-state index contributed by atoms with van der Waals surface area (Å²) in [4.78, 5) is 18.1. The molecule has 2 saturated carbocycles. The Kier molecular flexibility index (Phi) is 7.71. The monoisotopic (exact) mass is 561 g/mol. The summed E-state index contributed by atoms with van der Waals surface area (Å²) in [7, 11) is 0. The van der Waals surface area contributed by atoms with E-state index in [4.69, 9.17) is 11.6 Å². The van der Waals surface area contributed by atoms with Crippen LogP contribution in [0.4, 0.5) is 22.4 Å². The van der Waals surface area contributed by atoms with Crippen LogP contribution >= 0.6 is 11.6 Å². The summed E-state index contributed by atoms with van der Waals surface area (Å²) in [5.41, 5.74) is 0.148. The lowest BCUT2D eigenvalue weighted by atomic mass is 9.80. The highest BCUT2D eigenvalue weighted by Gasteiger charge is 2.45. The van der Waals surface area contributed by atoms with Gasteiger partial charge in [0.05, 0.1) is 10.7 Å². The maximum atomic E-state index is 13.8. The van der Waals surface area contributed by atoms with Crippen molar-refractivity contribution in [3.8, 4) is 5.75 Å². The lowest BCUT2D eigenvalue weighted by Crippen LogP contribution is -2.55. The average Bonchev–Trinajstić information content (AvgIpc) is 3.52. The van der Waals surface area contributed by atoms with Crippen molar-refractivity contribution in [2.75, 3.05) is 0 Å². The molecule has 2 aliphatic rings. The molecule has 0 saturated heterocycles. The van der Waals surface area contributed by atoms with Gasteiger partial charge in [-0.1, -0.05) is 60.5 Å². The first-order valence-corrected chi connectivity index (χ1v) is 13.2. The highest BCUT2D eigenvalue weighted by atomic mass is 35.5. The molecule has 0 radical (unpaired) electrons. The number of carbonyl (C=O) groups is 1. The van der Waals surface area contributed by atoms with E-state index in [9.17, 15) is 22.4 Å². The van der Waals surface area contributed by atoms with E-state index in [0.29, 0.717) is 28.1 Å². The van der Waals surface area contributed by atoms with E-state index < -0.39 is 29.9 Å². The molecular formula is C29H28ClF4N3O2. The SMILES string of the molecule is O=C(NC1CC2CCC1C2)NC(Cc1ccccc1)(c1cccc(OC(F)(F)C(F)F)c1)c1ccc(Cl)cn1. The molecule has 5 nitrogen and oxygen atoms in total. The Balaban J connectivity index is 1.57. The second-order valence-electron chi connectivity index (χ2n) is 10.3. The molecule has 1 aromatic heterocycles. The zero-order valence-corrected chi connectivity index (χ0v) is 21.7. The summed E-state index contributed by atoms with van der Waals surface area (Å²) in [5.74, 6) is 0.559. The van der Waals surface area contributed by atoms with Crippen molar-refractivity contribution >= 4 is 17.6 Å². The van der Waals surface area contributed by atoms with Crippen LogP contribution < -0.4 is 15.4 Å². The van der Waals surface area contributed by atoms with Crippen LogP contribution in [0.1, 0.15) is 42.5 Å². The van der Waals surface area contributed by atoms with Crippen LogP contribution in [0.3, 0.4) is 0 Å². The van der Waals surface area contributed by atoms with Gasteiger partial charge in [-0.2, -0.15) is 17.6 Å². The van der Waals surface area contributed by atoms with Crippen molar-refractivity contribution in [2.24, 2.45) is 11.8 Å². The minimum atomic E-state index is -4.69. The third-order valence-electron chi connectivity index (χ3n) is 7.69. The maximum absolute atomic E-state index is 13.8. The van der Waals surface area contributed by atoms with Gasteiger partial charge in [0, 0.05) is 18.7 Å². The van der Waals surface area contributed by atoms with E-state index in [0.717, 1.165) is 30.9 Å². The minimum absolute atomic E-state index is 0.0377.